The van der Waals surface area contributed by atoms with Crippen molar-refractivity contribution in [3.8, 4) is 0 Å². The summed E-state index contributed by atoms with van der Waals surface area (Å²) < 4.78 is 1.76. The van der Waals surface area contributed by atoms with Gasteiger partial charge in [0, 0.05) is 17.8 Å². The SMILES string of the molecule is CCCn1c(SC2CC(C)CCC2NC)n[nH]c1=O. The Morgan fingerprint density at radius 2 is 2.32 bits per heavy atom. The van der Waals surface area contributed by atoms with Gasteiger partial charge in [-0.25, -0.2) is 9.89 Å². The molecule has 3 unspecified atom stereocenters. The van der Waals surface area contributed by atoms with Gasteiger partial charge in [0.05, 0.1) is 0 Å². The van der Waals surface area contributed by atoms with Crippen molar-refractivity contribution in [2.24, 2.45) is 5.92 Å². The number of hydrogen-bond acceptors (Lipinski definition) is 4. The number of H-pyrrole nitrogens is 1. The predicted octanol–water partition coefficient (Wildman–Crippen LogP) is 1.85. The maximum atomic E-state index is 11.7. The Kier molecular flexibility index (Phi) is 5.10. The van der Waals surface area contributed by atoms with Crippen LogP contribution in [0.4, 0.5) is 0 Å². The van der Waals surface area contributed by atoms with Crippen molar-refractivity contribution in [3.63, 3.8) is 0 Å². The van der Waals surface area contributed by atoms with Crippen LogP contribution < -0.4 is 11.0 Å². The summed E-state index contributed by atoms with van der Waals surface area (Å²) in [5.41, 5.74) is -0.0887. The topological polar surface area (TPSA) is 62.7 Å². The summed E-state index contributed by atoms with van der Waals surface area (Å²) in [5, 5.41) is 11.5. The zero-order chi connectivity index (χ0) is 13.8. The van der Waals surface area contributed by atoms with E-state index in [-0.39, 0.29) is 5.69 Å². The normalized spacial score (nSPS) is 27.6. The molecule has 1 aromatic rings. The average molecular weight is 284 g/mol. The molecule has 0 saturated heterocycles. The van der Waals surface area contributed by atoms with E-state index in [9.17, 15) is 4.79 Å². The summed E-state index contributed by atoms with van der Waals surface area (Å²) in [6.07, 6.45) is 4.62. The number of nitrogens with zero attached hydrogens (tertiary/aromatic N) is 2. The lowest BCUT2D eigenvalue weighted by Gasteiger charge is -2.33. The Morgan fingerprint density at radius 3 is 3.00 bits per heavy atom. The highest BCUT2D eigenvalue weighted by Crippen LogP contribution is 2.35. The molecule has 3 atom stereocenters. The van der Waals surface area contributed by atoms with Gasteiger partial charge < -0.3 is 5.32 Å². The second-order valence-electron chi connectivity index (χ2n) is 5.43. The molecule has 19 heavy (non-hydrogen) atoms. The van der Waals surface area contributed by atoms with Gasteiger partial charge in [-0.2, -0.15) is 0 Å². The first kappa shape index (κ1) is 14.7. The minimum Gasteiger partial charge on any atom is -0.316 e. The Morgan fingerprint density at radius 1 is 1.53 bits per heavy atom. The highest BCUT2D eigenvalue weighted by atomic mass is 32.2. The van der Waals surface area contributed by atoms with Crippen molar-refractivity contribution < 1.29 is 0 Å². The fourth-order valence-electron chi connectivity index (χ4n) is 2.74. The van der Waals surface area contributed by atoms with E-state index in [0.29, 0.717) is 11.3 Å². The molecule has 108 valence electrons. The van der Waals surface area contributed by atoms with Gasteiger partial charge in [-0.05, 0) is 38.6 Å². The molecule has 5 nitrogen and oxygen atoms in total. The Hall–Kier alpha value is -0.750. The monoisotopic (exact) mass is 284 g/mol. The van der Waals surface area contributed by atoms with E-state index in [2.05, 4.69) is 29.4 Å². The molecule has 0 bridgehead atoms. The van der Waals surface area contributed by atoms with E-state index in [0.717, 1.165) is 24.0 Å². The first-order valence-electron chi connectivity index (χ1n) is 7.14. The fourth-order valence-corrected chi connectivity index (χ4v) is 4.27. The van der Waals surface area contributed by atoms with Gasteiger partial charge in [0.2, 0.25) is 0 Å². The molecule has 1 saturated carbocycles. The highest BCUT2D eigenvalue weighted by molar-refractivity contribution is 7.99. The molecule has 6 heteroatoms. The standard InChI is InChI=1S/C13H24N4OS/c1-4-7-17-12(18)15-16-13(17)19-11-8-9(2)5-6-10(11)14-3/h9-11,14H,4-8H2,1-3H3,(H,15,18). The minimum absolute atomic E-state index is 0.0887. The second kappa shape index (κ2) is 6.61. The molecule has 2 N–H and O–H groups in total. The number of aromatic amines is 1. The lowest BCUT2D eigenvalue weighted by molar-refractivity contribution is 0.328. The van der Waals surface area contributed by atoms with Crippen LogP contribution in [0.15, 0.2) is 9.95 Å². The van der Waals surface area contributed by atoms with Crippen LogP contribution in [0.5, 0.6) is 0 Å². The average Bonchev–Trinajstić information content (AvgIpc) is 2.72. The number of thioether (sulfide) groups is 1. The van der Waals surface area contributed by atoms with Gasteiger partial charge in [-0.15, -0.1) is 5.10 Å². The maximum absolute atomic E-state index is 11.7. The molecule has 0 spiro atoms. The van der Waals surface area contributed by atoms with Crippen molar-refractivity contribution in [1.82, 2.24) is 20.1 Å². The van der Waals surface area contributed by atoms with Crippen LogP contribution in [-0.4, -0.2) is 33.1 Å². The third-order valence-corrected chi connectivity index (χ3v) is 5.20. The van der Waals surface area contributed by atoms with E-state index < -0.39 is 0 Å². The molecule has 1 aliphatic rings. The van der Waals surface area contributed by atoms with Gasteiger partial charge in [0.15, 0.2) is 5.16 Å². The van der Waals surface area contributed by atoms with Gasteiger partial charge >= 0.3 is 5.69 Å². The minimum atomic E-state index is -0.0887. The van der Waals surface area contributed by atoms with Gasteiger partial charge in [0.25, 0.3) is 0 Å². The van der Waals surface area contributed by atoms with E-state index >= 15 is 0 Å². The van der Waals surface area contributed by atoms with E-state index in [4.69, 9.17) is 0 Å². The summed E-state index contributed by atoms with van der Waals surface area (Å²) in [6.45, 7) is 5.13. The van der Waals surface area contributed by atoms with Crippen LogP contribution in [0.3, 0.4) is 0 Å². The lowest BCUT2D eigenvalue weighted by atomic mass is 9.87. The van der Waals surface area contributed by atoms with Crippen molar-refractivity contribution in [2.75, 3.05) is 7.05 Å². The second-order valence-corrected chi connectivity index (χ2v) is 6.64. The van der Waals surface area contributed by atoms with Crippen LogP contribution in [0.25, 0.3) is 0 Å². The summed E-state index contributed by atoms with van der Waals surface area (Å²) in [5.74, 6) is 0.757. The third kappa shape index (κ3) is 3.42. The van der Waals surface area contributed by atoms with E-state index in [1.165, 1.54) is 19.3 Å². The van der Waals surface area contributed by atoms with Gasteiger partial charge in [-0.1, -0.05) is 25.6 Å². The zero-order valence-corrected chi connectivity index (χ0v) is 12.8. The molecule has 1 heterocycles. The van der Waals surface area contributed by atoms with E-state index in [1.54, 1.807) is 16.3 Å². The summed E-state index contributed by atoms with van der Waals surface area (Å²) in [7, 11) is 2.03. The van der Waals surface area contributed by atoms with Crippen LogP contribution in [0, 0.1) is 5.92 Å². The lowest BCUT2D eigenvalue weighted by Crippen LogP contribution is -2.40. The number of rotatable bonds is 5. The highest BCUT2D eigenvalue weighted by Gasteiger charge is 2.29. The molecular weight excluding hydrogens is 260 g/mol. The first-order chi connectivity index (χ1) is 9.15. The number of aromatic nitrogens is 3. The Balaban J connectivity index is 2.12. The number of hydrogen-bond donors (Lipinski definition) is 2. The summed E-state index contributed by atoms with van der Waals surface area (Å²) in [6, 6.07) is 0.517. The smallest absolute Gasteiger partial charge is 0.316 e. The van der Waals surface area contributed by atoms with Crippen molar-refractivity contribution in [1.29, 1.82) is 0 Å². The molecule has 1 aliphatic carbocycles. The third-order valence-electron chi connectivity index (χ3n) is 3.85. The van der Waals surface area contributed by atoms with Gasteiger partial charge in [-0.3, -0.25) is 4.57 Å². The zero-order valence-electron chi connectivity index (χ0n) is 12.0. The molecule has 0 aromatic carbocycles. The quantitative estimate of drug-likeness (QED) is 0.866. The molecule has 1 fully saturated rings. The molecule has 2 rings (SSSR count). The van der Waals surface area contributed by atoms with Crippen LogP contribution in [-0.2, 0) is 6.54 Å². The first-order valence-corrected chi connectivity index (χ1v) is 8.02. The van der Waals surface area contributed by atoms with E-state index in [1.807, 2.05) is 7.05 Å². The fraction of sp³-hybridized carbons (Fsp3) is 0.846. The summed E-state index contributed by atoms with van der Waals surface area (Å²) in [4.78, 5) is 11.7. The molecule has 0 amide bonds. The Labute approximate surface area is 118 Å². The number of nitrogens with one attached hydrogen (secondary N) is 2. The maximum Gasteiger partial charge on any atom is 0.343 e. The Bertz CT molecular complexity index is 456. The van der Waals surface area contributed by atoms with Crippen LogP contribution in [0.2, 0.25) is 0 Å². The summed E-state index contributed by atoms with van der Waals surface area (Å²) >= 11 is 1.75. The molecule has 0 aliphatic heterocycles. The van der Waals surface area contributed by atoms with Crippen LogP contribution in [0.1, 0.15) is 39.5 Å². The van der Waals surface area contributed by atoms with Crippen molar-refractivity contribution >= 4 is 11.8 Å². The van der Waals surface area contributed by atoms with Crippen molar-refractivity contribution in [3.05, 3.63) is 10.5 Å². The van der Waals surface area contributed by atoms with Crippen LogP contribution >= 0.6 is 11.8 Å². The molecular formula is C13H24N4OS. The van der Waals surface area contributed by atoms with Gasteiger partial charge in [0.1, 0.15) is 0 Å². The predicted molar refractivity (Wildman–Crippen MR) is 78.6 cm³/mol. The largest absolute Gasteiger partial charge is 0.343 e. The van der Waals surface area contributed by atoms with Crippen molar-refractivity contribution in [2.45, 2.75) is 62.5 Å². The molecule has 0 radical (unpaired) electrons. The molecule has 1 aromatic heterocycles.